The fourth-order valence-electron chi connectivity index (χ4n) is 1.36. The largest absolute Gasteiger partial charge is 0.494 e. The van der Waals surface area contributed by atoms with Gasteiger partial charge in [-0.15, -0.1) is 11.3 Å². The summed E-state index contributed by atoms with van der Waals surface area (Å²) >= 11 is 5.42. The van der Waals surface area contributed by atoms with Crippen molar-refractivity contribution < 1.29 is 27.5 Å². The standard InChI is InChI=1S/C10H3F4NO2S2/c11-3-1-4(12)8(14)6(7(3)13)9(17)15-5(16)2-19-10(15)18/h1-2,16H. The molecule has 100 valence electrons. The SMILES string of the molecule is O=C(c1c(F)c(F)cc(F)c1F)n1c(O)csc1=S. The van der Waals surface area contributed by atoms with Gasteiger partial charge in [-0.2, -0.15) is 0 Å². The lowest BCUT2D eigenvalue weighted by Crippen LogP contribution is -2.17. The van der Waals surface area contributed by atoms with Crippen LogP contribution in [0.3, 0.4) is 0 Å². The maximum Gasteiger partial charge on any atom is 0.272 e. The van der Waals surface area contributed by atoms with E-state index < -0.39 is 40.6 Å². The first-order chi connectivity index (χ1) is 8.84. The number of aromatic nitrogens is 1. The fourth-order valence-corrected chi connectivity index (χ4v) is 2.28. The van der Waals surface area contributed by atoms with Gasteiger partial charge in [-0.05, 0) is 12.2 Å². The Labute approximate surface area is 112 Å². The zero-order chi connectivity index (χ0) is 14.3. The number of benzene rings is 1. The highest BCUT2D eigenvalue weighted by atomic mass is 32.1. The van der Waals surface area contributed by atoms with Gasteiger partial charge in [0.05, 0.1) is 5.38 Å². The molecule has 0 atom stereocenters. The molecule has 19 heavy (non-hydrogen) atoms. The van der Waals surface area contributed by atoms with Gasteiger partial charge in [-0.1, -0.05) is 0 Å². The van der Waals surface area contributed by atoms with Crippen LogP contribution in [0, 0.1) is 27.2 Å². The third-order valence-electron chi connectivity index (χ3n) is 2.21. The van der Waals surface area contributed by atoms with Crippen LogP contribution in [0.25, 0.3) is 0 Å². The Bertz CT molecular complexity index is 712. The fraction of sp³-hybridized carbons (Fsp3) is 0. The number of carbonyl (C=O) groups excluding carboxylic acids is 1. The van der Waals surface area contributed by atoms with Crippen molar-refractivity contribution in [2.24, 2.45) is 0 Å². The molecule has 0 aliphatic rings. The first-order valence-corrected chi connectivity index (χ1v) is 5.90. The summed E-state index contributed by atoms with van der Waals surface area (Å²) in [4.78, 5) is 11.8. The minimum Gasteiger partial charge on any atom is -0.494 e. The van der Waals surface area contributed by atoms with Crippen LogP contribution in [0.15, 0.2) is 11.4 Å². The van der Waals surface area contributed by atoms with Gasteiger partial charge in [0.2, 0.25) is 5.88 Å². The third kappa shape index (κ3) is 2.15. The predicted octanol–water partition coefficient (Wildman–Crippen LogP) is 3.23. The molecule has 0 amide bonds. The Morgan fingerprint density at radius 2 is 1.74 bits per heavy atom. The van der Waals surface area contributed by atoms with E-state index in [1.165, 1.54) is 0 Å². The number of halogens is 4. The van der Waals surface area contributed by atoms with Crippen LogP contribution >= 0.6 is 23.6 Å². The first kappa shape index (κ1) is 13.7. The Balaban J connectivity index is 2.73. The highest BCUT2D eigenvalue weighted by Crippen LogP contribution is 2.24. The molecular weight excluding hydrogens is 306 g/mol. The van der Waals surface area contributed by atoms with Crippen molar-refractivity contribution in [1.29, 1.82) is 0 Å². The molecule has 0 saturated carbocycles. The molecule has 0 unspecified atom stereocenters. The van der Waals surface area contributed by atoms with Crippen LogP contribution in [0.4, 0.5) is 17.6 Å². The maximum atomic E-state index is 13.4. The second kappa shape index (κ2) is 4.74. The average Bonchev–Trinajstić information content (AvgIpc) is 2.66. The Morgan fingerprint density at radius 3 is 2.16 bits per heavy atom. The summed E-state index contributed by atoms with van der Waals surface area (Å²) < 4.78 is 53.0. The van der Waals surface area contributed by atoms with Crippen molar-refractivity contribution in [3.63, 3.8) is 0 Å². The number of nitrogens with zero attached hydrogens (tertiary/aromatic N) is 1. The van der Waals surface area contributed by atoms with E-state index in [4.69, 9.17) is 0 Å². The summed E-state index contributed by atoms with van der Waals surface area (Å²) in [5.41, 5.74) is -1.46. The van der Waals surface area contributed by atoms with Gasteiger partial charge in [0, 0.05) is 6.07 Å². The van der Waals surface area contributed by atoms with Gasteiger partial charge in [-0.25, -0.2) is 22.1 Å². The Morgan fingerprint density at radius 1 is 1.21 bits per heavy atom. The smallest absolute Gasteiger partial charge is 0.272 e. The van der Waals surface area contributed by atoms with Crippen molar-refractivity contribution in [3.8, 4) is 5.88 Å². The summed E-state index contributed by atoms with van der Waals surface area (Å²) in [5.74, 6) is -9.31. The molecule has 2 rings (SSSR count). The minimum atomic E-state index is -1.85. The molecule has 0 bridgehead atoms. The van der Waals surface area contributed by atoms with E-state index in [0.29, 0.717) is 4.57 Å². The normalized spacial score (nSPS) is 10.7. The molecule has 0 spiro atoms. The second-order valence-corrected chi connectivity index (χ2v) is 4.85. The molecule has 0 fully saturated rings. The lowest BCUT2D eigenvalue weighted by Gasteiger charge is -2.07. The van der Waals surface area contributed by atoms with E-state index in [2.05, 4.69) is 12.2 Å². The van der Waals surface area contributed by atoms with Crippen LogP contribution in [-0.2, 0) is 0 Å². The molecule has 3 nitrogen and oxygen atoms in total. The molecule has 0 saturated heterocycles. The van der Waals surface area contributed by atoms with Crippen LogP contribution in [-0.4, -0.2) is 15.6 Å². The quantitative estimate of drug-likeness (QED) is 0.499. The van der Waals surface area contributed by atoms with Crippen molar-refractivity contribution in [3.05, 3.63) is 44.2 Å². The zero-order valence-corrected chi connectivity index (χ0v) is 10.4. The number of hydrogen-bond acceptors (Lipinski definition) is 4. The Kier molecular flexibility index (Phi) is 3.42. The molecule has 0 aliphatic heterocycles. The highest BCUT2D eigenvalue weighted by Gasteiger charge is 2.27. The Hall–Kier alpha value is -1.74. The number of hydrogen-bond donors (Lipinski definition) is 1. The molecule has 2 aromatic rings. The van der Waals surface area contributed by atoms with Crippen molar-refractivity contribution in [2.45, 2.75) is 0 Å². The molecule has 1 N–H and O–H groups in total. The summed E-state index contributed by atoms with van der Waals surface area (Å²) in [6, 6.07) is -0.0196. The van der Waals surface area contributed by atoms with Crippen LogP contribution in [0.5, 0.6) is 5.88 Å². The van der Waals surface area contributed by atoms with Gasteiger partial charge in [-0.3, -0.25) is 4.79 Å². The van der Waals surface area contributed by atoms with Crippen molar-refractivity contribution in [2.75, 3.05) is 0 Å². The van der Waals surface area contributed by atoms with Crippen molar-refractivity contribution in [1.82, 2.24) is 4.57 Å². The highest BCUT2D eigenvalue weighted by molar-refractivity contribution is 7.73. The molecule has 1 heterocycles. The van der Waals surface area contributed by atoms with E-state index in [0.717, 1.165) is 16.7 Å². The van der Waals surface area contributed by atoms with Crippen LogP contribution in [0.2, 0.25) is 0 Å². The molecule has 1 aromatic heterocycles. The minimum absolute atomic E-state index is 0.0196. The lowest BCUT2D eigenvalue weighted by atomic mass is 10.1. The van der Waals surface area contributed by atoms with E-state index in [9.17, 15) is 27.5 Å². The lowest BCUT2D eigenvalue weighted by molar-refractivity contribution is 0.0939. The van der Waals surface area contributed by atoms with Gasteiger partial charge in [0.25, 0.3) is 5.91 Å². The number of carbonyl (C=O) groups is 1. The van der Waals surface area contributed by atoms with Gasteiger partial charge < -0.3 is 5.11 Å². The number of thiazole rings is 1. The van der Waals surface area contributed by atoms with E-state index in [-0.39, 0.29) is 10.0 Å². The van der Waals surface area contributed by atoms with E-state index >= 15 is 0 Å². The van der Waals surface area contributed by atoms with E-state index in [1.54, 1.807) is 0 Å². The van der Waals surface area contributed by atoms with E-state index in [1.807, 2.05) is 0 Å². The summed E-state index contributed by atoms with van der Waals surface area (Å²) in [6.07, 6.45) is 0. The molecule has 9 heteroatoms. The molecular formula is C10H3F4NO2S2. The summed E-state index contributed by atoms with van der Waals surface area (Å²) in [7, 11) is 0. The monoisotopic (exact) mass is 309 g/mol. The summed E-state index contributed by atoms with van der Waals surface area (Å²) in [6.45, 7) is 0. The number of aromatic hydroxyl groups is 1. The molecule has 0 aliphatic carbocycles. The second-order valence-electron chi connectivity index (χ2n) is 3.34. The maximum absolute atomic E-state index is 13.4. The van der Waals surface area contributed by atoms with Crippen LogP contribution < -0.4 is 0 Å². The van der Waals surface area contributed by atoms with Gasteiger partial charge >= 0.3 is 0 Å². The number of rotatable bonds is 1. The predicted molar refractivity (Wildman–Crippen MR) is 60.8 cm³/mol. The molecule has 1 aromatic carbocycles. The third-order valence-corrected chi connectivity index (χ3v) is 3.39. The average molecular weight is 309 g/mol. The van der Waals surface area contributed by atoms with Crippen molar-refractivity contribution >= 4 is 29.5 Å². The van der Waals surface area contributed by atoms with Gasteiger partial charge in [0.1, 0.15) is 5.56 Å². The summed E-state index contributed by atoms with van der Waals surface area (Å²) in [5, 5.41) is 10.4. The zero-order valence-electron chi connectivity index (χ0n) is 8.79. The topological polar surface area (TPSA) is 42.2 Å². The van der Waals surface area contributed by atoms with Crippen LogP contribution in [0.1, 0.15) is 10.4 Å². The molecule has 0 radical (unpaired) electrons. The first-order valence-electron chi connectivity index (χ1n) is 4.61. The van der Waals surface area contributed by atoms with Gasteiger partial charge in [0.15, 0.2) is 27.2 Å².